The van der Waals surface area contributed by atoms with Crippen LogP contribution >= 0.6 is 11.6 Å². The van der Waals surface area contributed by atoms with Crippen LogP contribution < -0.4 is 5.32 Å². The third-order valence-electron chi connectivity index (χ3n) is 6.14. The van der Waals surface area contributed by atoms with Gasteiger partial charge in [-0.15, -0.1) is 0 Å². The molecule has 0 radical (unpaired) electrons. The minimum absolute atomic E-state index is 0.0778. The van der Waals surface area contributed by atoms with E-state index in [-0.39, 0.29) is 22.4 Å². The quantitative estimate of drug-likeness (QED) is 0.627. The Balaban J connectivity index is 1.44. The van der Waals surface area contributed by atoms with Gasteiger partial charge in [-0.2, -0.15) is 0 Å². The largest absolute Gasteiger partial charge is 0.352 e. The van der Waals surface area contributed by atoms with Gasteiger partial charge in [0.2, 0.25) is 0 Å². The third-order valence-corrected chi connectivity index (χ3v) is 6.45. The number of amides is 1. The summed E-state index contributed by atoms with van der Waals surface area (Å²) >= 11 is 6.04. The first-order valence-corrected chi connectivity index (χ1v) is 9.93. The van der Waals surface area contributed by atoms with E-state index in [2.05, 4.69) is 53.8 Å². The molecule has 2 bridgehead atoms. The number of carbonyl (C=O) groups is 1. The summed E-state index contributed by atoms with van der Waals surface area (Å²) < 4.78 is 14.1. The lowest BCUT2D eigenvalue weighted by Gasteiger charge is -2.45. The molecule has 28 heavy (non-hydrogen) atoms. The fourth-order valence-corrected chi connectivity index (χ4v) is 5.24. The molecule has 3 aliphatic rings. The van der Waals surface area contributed by atoms with Gasteiger partial charge in [0.25, 0.3) is 5.91 Å². The smallest absolute Gasteiger partial charge is 0.255 e. The van der Waals surface area contributed by atoms with Gasteiger partial charge in [0.1, 0.15) is 5.82 Å². The Hall–Kier alpha value is -2.65. The van der Waals surface area contributed by atoms with Crippen molar-refractivity contribution in [2.24, 2.45) is 5.92 Å². The maximum atomic E-state index is 14.1. The van der Waals surface area contributed by atoms with Crippen LogP contribution in [0.4, 0.5) is 4.39 Å². The monoisotopic (exact) mass is 391 g/mol. The van der Waals surface area contributed by atoms with Crippen molar-refractivity contribution in [3.05, 3.63) is 105 Å². The molecule has 1 amide bonds. The van der Waals surface area contributed by atoms with E-state index in [1.54, 1.807) is 0 Å². The van der Waals surface area contributed by atoms with Crippen LogP contribution in [0, 0.1) is 11.7 Å². The molecule has 0 aromatic heterocycles. The molecule has 4 heteroatoms. The molecule has 6 rings (SSSR count). The van der Waals surface area contributed by atoms with Gasteiger partial charge in [0.05, 0.1) is 10.6 Å². The molecule has 0 aliphatic heterocycles. The standard InChI is InChI=1S/C24H19ClFNO/c25-20-10-5-11-21(26)23(20)24(28)27-13-14-12-19-15-6-1-3-8-17(15)22(14)18-9-4-2-7-16(18)19/h1-11,14,19,22H,12-13H2,(H,27,28). The first kappa shape index (κ1) is 17.4. The maximum Gasteiger partial charge on any atom is 0.255 e. The zero-order valence-corrected chi connectivity index (χ0v) is 15.9. The lowest BCUT2D eigenvalue weighted by Crippen LogP contribution is -2.39. The third kappa shape index (κ3) is 2.65. The van der Waals surface area contributed by atoms with Crippen LogP contribution in [-0.2, 0) is 0 Å². The summed E-state index contributed by atoms with van der Waals surface area (Å²) in [5.74, 6) is -0.189. The predicted octanol–water partition coefficient (Wildman–Crippen LogP) is 5.51. The molecular weight excluding hydrogens is 373 g/mol. The topological polar surface area (TPSA) is 29.1 Å². The lowest BCUT2D eigenvalue weighted by molar-refractivity contribution is 0.0939. The van der Waals surface area contributed by atoms with Crippen LogP contribution in [0.25, 0.3) is 0 Å². The summed E-state index contributed by atoms with van der Waals surface area (Å²) in [4.78, 5) is 12.6. The summed E-state index contributed by atoms with van der Waals surface area (Å²) in [6.45, 7) is 0.493. The average Bonchev–Trinajstić information content (AvgIpc) is 2.72. The number of hydrogen-bond acceptors (Lipinski definition) is 1. The van der Waals surface area contributed by atoms with E-state index < -0.39 is 11.7 Å². The summed E-state index contributed by atoms with van der Waals surface area (Å²) in [6.07, 6.45) is 0.976. The number of benzene rings is 3. The second-order valence-corrected chi connectivity index (χ2v) is 8.00. The Labute approximate surface area is 168 Å². The first-order chi connectivity index (χ1) is 13.6. The maximum absolute atomic E-state index is 14.1. The fourth-order valence-electron chi connectivity index (χ4n) is 4.99. The van der Waals surface area contributed by atoms with Gasteiger partial charge in [0, 0.05) is 18.4 Å². The summed E-state index contributed by atoms with van der Waals surface area (Å²) in [5, 5.41) is 3.07. The molecule has 0 fully saturated rings. The first-order valence-electron chi connectivity index (χ1n) is 9.55. The molecule has 140 valence electrons. The van der Waals surface area contributed by atoms with Crippen LogP contribution in [0.15, 0.2) is 66.7 Å². The highest BCUT2D eigenvalue weighted by atomic mass is 35.5. The molecule has 3 aliphatic carbocycles. The highest BCUT2D eigenvalue weighted by Gasteiger charge is 2.42. The molecule has 0 spiro atoms. The van der Waals surface area contributed by atoms with Gasteiger partial charge in [-0.05, 0) is 46.7 Å². The van der Waals surface area contributed by atoms with E-state index in [1.165, 1.54) is 40.5 Å². The van der Waals surface area contributed by atoms with Crippen molar-refractivity contribution in [1.82, 2.24) is 5.32 Å². The normalized spacial score (nSPS) is 21.7. The van der Waals surface area contributed by atoms with E-state index in [4.69, 9.17) is 11.6 Å². The van der Waals surface area contributed by atoms with Gasteiger partial charge < -0.3 is 5.32 Å². The highest BCUT2D eigenvalue weighted by Crippen LogP contribution is 2.55. The summed E-state index contributed by atoms with van der Waals surface area (Å²) in [6, 6.07) is 21.5. The average molecular weight is 392 g/mol. The molecule has 2 nitrogen and oxygen atoms in total. The van der Waals surface area contributed by atoms with Crippen molar-refractivity contribution in [1.29, 1.82) is 0 Å². The van der Waals surface area contributed by atoms with Crippen molar-refractivity contribution in [3.8, 4) is 0 Å². The zero-order valence-electron chi connectivity index (χ0n) is 15.2. The van der Waals surface area contributed by atoms with Crippen molar-refractivity contribution in [2.45, 2.75) is 18.3 Å². The van der Waals surface area contributed by atoms with Crippen LogP contribution in [0.3, 0.4) is 0 Å². The molecule has 1 unspecified atom stereocenters. The van der Waals surface area contributed by atoms with E-state index >= 15 is 0 Å². The van der Waals surface area contributed by atoms with Crippen molar-refractivity contribution < 1.29 is 9.18 Å². The van der Waals surface area contributed by atoms with E-state index in [1.807, 2.05) is 0 Å². The number of carbonyl (C=O) groups excluding carboxylic acids is 1. The van der Waals surface area contributed by atoms with Gasteiger partial charge in [-0.3, -0.25) is 4.79 Å². The Morgan fingerprint density at radius 2 is 1.54 bits per heavy atom. The predicted molar refractivity (Wildman–Crippen MR) is 108 cm³/mol. The molecule has 3 aromatic carbocycles. The number of rotatable bonds is 3. The van der Waals surface area contributed by atoms with Crippen LogP contribution in [0.5, 0.6) is 0 Å². The summed E-state index contributed by atoms with van der Waals surface area (Å²) in [5.41, 5.74) is 5.41. The van der Waals surface area contributed by atoms with Crippen LogP contribution in [-0.4, -0.2) is 12.5 Å². The highest BCUT2D eigenvalue weighted by molar-refractivity contribution is 6.33. The Kier molecular flexibility index (Phi) is 4.21. The van der Waals surface area contributed by atoms with Gasteiger partial charge >= 0.3 is 0 Å². The molecular formula is C24H19ClFNO. The lowest BCUT2D eigenvalue weighted by atomic mass is 9.59. The Bertz CT molecular complexity index is 1010. The Morgan fingerprint density at radius 1 is 0.929 bits per heavy atom. The number of halogens is 2. The zero-order chi connectivity index (χ0) is 19.3. The van der Waals surface area contributed by atoms with E-state index in [0.29, 0.717) is 12.5 Å². The number of nitrogens with one attached hydrogen (secondary N) is 1. The minimum Gasteiger partial charge on any atom is -0.352 e. The van der Waals surface area contributed by atoms with Crippen molar-refractivity contribution in [2.75, 3.05) is 6.54 Å². The molecule has 1 atom stereocenters. The number of hydrogen-bond donors (Lipinski definition) is 1. The molecule has 0 heterocycles. The van der Waals surface area contributed by atoms with Crippen molar-refractivity contribution in [3.63, 3.8) is 0 Å². The van der Waals surface area contributed by atoms with E-state index in [9.17, 15) is 9.18 Å². The van der Waals surface area contributed by atoms with Gasteiger partial charge in [0.15, 0.2) is 0 Å². The Morgan fingerprint density at radius 3 is 2.14 bits per heavy atom. The van der Waals surface area contributed by atoms with Crippen LogP contribution in [0.1, 0.15) is 50.9 Å². The summed E-state index contributed by atoms with van der Waals surface area (Å²) in [7, 11) is 0. The van der Waals surface area contributed by atoms with Gasteiger partial charge in [-0.25, -0.2) is 4.39 Å². The second-order valence-electron chi connectivity index (χ2n) is 7.59. The molecule has 0 saturated carbocycles. The van der Waals surface area contributed by atoms with Gasteiger partial charge in [-0.1, -0.05) is 66.2 Å². The molecule has 3 aromatic rings. The molecule has 0 saturated heterocycles. The second kappa shape index (κ2) is 6.75. The SMILES string of the molecule is O=C(NCC1CC2c3ccccc3C1c1ccccc12)c1c(F)cccc1Cl. The van der Waals surface area contributed by atoms with Crippen LogP contribution in [0.2, 0.25) is 5.02 Å². The van der Waals surface area contributed by atoms with E-state index in [0.717, 1.165) is 6.42 Å². The fraction of sp³-hybridized carbons (Fsp3) is 0.208. The van der Waals surface area contributed by atoms with Crippen molar-refractivity contribution >= 4 is 17.5 Å². The number of fused-ring (bicyclic) bond motifs is 1. The minimum atomic E-state index is -0.592. The molecule has 1 N–H and O–H groups in total.